The lowest BCUT2D eigenvalue weighted by atomic mass is 10.0. The highest BCUT2D eigenvalue weighted by molar-refractivity contribution is 7.80. The number of aromatic amines is 1. The van der Waals surface area contributed by atoms with Gasteiger partial charge in [-0.1, -0.05) is 12.2 Å². The van der Waals surface area contributed by atoms with Crippen molar-refractivity contribution in [3.05, 3.63) is 34.2 Å². The lowest BCUT2D eigenvalue weighted by molar-refractivity contribution is 0.0914. The van der Waals surface area contributed by atoms with E-state index in [0.29, 0.717) is 17.1 Å². The van der Waals surface area contributed by atoms with Crippen LogP contribution in [0.4, 0.5) is 0 Å². The number of hydrogen-bond acceptors (Lipinski definition) is 4. The monoisotopic (exact) mass is 294 g/mol. The Morgan fingerprint density at radius 1 is 1.50 bits per heavy atom. The van der Waals surface area contributed by atoms with Crippen molar-refractivity contribution >= 4 is 23.1 Å². The van der Waals surface area contributed by atoms with Gasteiger partial charge in [-0.15, -0.1) is 0 Å². The standard InChI is InChI=1S/C13H18N4O2S/c14-11(20)8-17-5-2-10(3-6-17)16-13(19)9-1-4-15-12(18)7-9/h1,4,7,10H,2-3,5-6,8H2,(H2,14,20)(H,15,18)(H,16,19). The van der Waals surface area contributed by atoms with E-state index in [2.05, 4.69) is 15.2 Å². The summed E-state index contributed by atoms with van der Waals surface area (Å²) in [4.78, 5) is 28.3. The quantitative estimate of drug-likeness (QED) is 0.672. The van der Waals surface area contributed by atoms with Crippen LogP contribution in [0, 0.1) is 0 Å². The Hall–Kier alpha value is -1.73. The molecule has 4 N–H and O–H groups in total. The lowest BCUT2D eigenvalue weighted by Crippen LogP contribution is -2.46. The number of amides is 1. The SMILES string of the molecule is NC(=S)CN1CCC(NC(=O)c2cc[nH]c(=O)c2)CC1. The zero-order chi connectivity index (χ0) is 14.5. The van der Waals surface area contributed by atoms with Gasteiger partial charge < -0.3 is 16.0 Å². The summed E-state index contributed by atoms with van der Waals surface area (Å²) in [6.07, 6.45) is 3.19. The summed E-state index contributed by atoms with van der Waals surface area (Å²) < 4.78 is 0. The van der Waals surface area contributed by atoms with E-state index < -0.39 is 0 Å². The fourth-order valence-corrected chi connectivity index (χ4v) is 2.49. The zero-order valence-electron chi connectivity index (χ0n) is 11.1. The van der Waals surface area contributed by atoms with Crippen LogP contribution in [0.3, 0.4) is 0 Å². The Labute approximate surface area is 122 Å². The number of hydrogen-bond donors (Lipinski definition) is 3. The predicted octanol–water partition coefficient (Wildman–Crippen LogP) is -0.145. The summed E-state index contributed by atoms with van der Waals surface area (Å²) in [5, 5.41) is 2.95. The predicted molar refractivity (Wildman–Crippen MR) is 80.8 cm³/mol. The highest BCUT2D eigenvalue weighted by atomic mass is 32.1. The van der Waals surface area contributed by atoms with Crippen molar-refractivity contribution in [1.29, 1.82) is 0 Å². The number of nitrogens with two attached hydrogens (primary N) is 1. The minimum absolute atomic E-state index is 0.129. The Bertz CT molecular complexity index is 549. The number of carbonyl (C=O) groups excluding carboxylic acids is 1. The van der Waals surface area contributed by atoms with Gasteiger partial charge in [0.1, 0.15) is 0 Å². The molecule has 2 rings (SSSR count). The van der Waals surface area contributed by atoms with Gasteiger partial charge in [0.25, 0.3) is 5.91 Å². The van der Waals surface area contributed by atoms with Gasteiger partial charge in [0, 0.05) is 43.5 Å². The lowest BCUT2D eigenvalue weighted by Gasteiger charge is -2.31. The van der Waals surface area contributed by atoms with Crippen LogP contribution in [0.2, 0.25) is 0 Å². The van der Waals surface area contributed by atoms with Gasteiger partial charge in [-0.2, -0.15) is 0 Å². The van der Waals surface area contributed by atoms with Crippen LogP contribution in [-0.4, -0.2) is 46.5 Å². The summed E-state index contributed by atoms with van der Waals surface area (Å²) >= 11 is 4.89. The molecule has 108 valence electrons. The van der Waals surface area contributed by atoms with E-state index in [1.165, 1.54) is 12.3 Å². The van der Waals surface area contributed by atoms with Crippen molar-refractivity contribution in [2.75, 3.05) is 19.6 Å². The molecule has 1 saturated heterocycles. The Morgan fingerprint density at radius 3 is 2.80 bits per heavy atom. The molecule has 0 bridgehead atoms. The van der Waals surface area contributed by atoms with Crippen LogP contribution in [0.5, 0.6) is 0 Å². The van der Waals surface area contributed by atoms with Gasteiger partial charge in [0.2, 0.25) is 5.56 Å². The number of thiocarbonyl (C=S) groups is 1. The van der Waals surface area contributed by atoms with Gasteiger partial charge >= 0.3 is 0 Å². The highest BCUT2D eigenvalue weighted by Crippen LogP contribution is 2.10. The molecule has 1 aliphatic heterocycles. The molecule has 7 heteroatoms. The second-order valence-electron chi connectivity index (χ2n) is 4.93. The van der Waals surface area contributed by atoms with E-state index in [9.17, 15) is 9.59 Å². The molecule has 20 heavy (non-hydrogen) atoms. The zero-order valence-corrected chi connectivity index (χ0v) is 11.9. The maximum atomic E-state index is 12.0. The molecule has 1 fully saturated rings. The van der Waals surface area contributed by atoms with E-state index in [1.54, 1.807) is 6.07 Å². The number of piperidine rings is 1. The number of H-pyrrole nitrogens is 1. The first-order valence-corrected chi connectivity index (χ1v) is 6.95. The molecule has 1 amide bonds. The highest BCUT2D eigenvalue weighted by Gasteiger charge is 2.21. The molecule has 6 nitrogen and oxygen atoms in total. The summed E-state index contributed by atoms with van der Waals surface area (Å²) in [7, 11) is 0. The molecule has 0 unspecified atom stereocenters. The second-order valence-corrected chi connectivity index (χ2v) is 5.46. The van der Waals surface area contributed by atoms with Gasteiger partial charge in [0.15, 0.2) is 0 Å². The summed E-state index contributed by atoms with van der Waals surface area (Å²) in [5.74, 6) is -0.205. The maximum absolute atomic E-state index is 12.0. The molecule has 1 aliphatic rings. The molecular weight excluding hydrogens is 276 g/mol. The van der Waals surface area contributed by atoms with Crippen LogP contribution >= 0.6 is 12.2 Å². The first kappa shape index (κ1) is 14.7. The first-order chi connectivity index (χ1) is 9.54. The van der Waals surface area contributed by atoms with Crippen molar-refractivity contribution < 1.29 is 4.79 Å². The molecule has 1 aromatic rings. The van der Waals surface area contributed by atoms with Crippen LogP contribution in [-0.2, 0) is 0 Å². The third-order valence-electron chi connectivity index (χ3n) is 3.34. The summed E-state index contributed by atoms with van der Waals surface area (Å²) in [6, 6.07) is 3.03. The smallest absolute Gasteiger partial charge is 0.251 e. The normalized spacial score (nSPS) is 16.8. The number of aromatic nitrogens is 1. The molecule has 0 aromatic carbocycles. The third-order valence-corrected chi connectivity index (χ3v) is 3.47. The minimum Gasteiger partial charge on any atom is -0.392 e. The van der Waals surface area contributed by atoms with E-state index in [-0.39, 0.29) is 17.5 Å². The number of pyridine rings is 1. The van der Waals surface area contributed by atoms with Crippen molar-refractivity contribution in [2.45, 2.75) is 18.9 Å². The molecular formula is C13H18N4O2S. The number of rotatable bonds is 4. The van der Waals surface area contributed by atoms with Crippen molar-refractivity contribution in [1.82, 2.24) is 15.2 Å². The van der Waals surface area contributed by atoms with Crippen LogP contribution in [0.25, 0.3) is 0 Å². The number of carbonyl (C=O) groups is 1. The second kappa shape index (κ2) is 6.62. The van der Waals surface area contributed by atoms with E-state index >= 15 is 0 Å². The van der Waals surface area contributed by atoms with E-state index in [4.69, 9.17) is 18.0 Å². The molecule has 0 spiro atoms. The average molecular weight is 294 g/mol. The molecule has 1 aromatic heterocycles. The molecule has 0 radical (unpaired) electrons. The van der Waals surface area contributed by atoms with Crippen molar-refractivity contribution in [2.24, 2.45) is 5.73 Å². The number of nitrogens with one attached hydrogen (secondary N) is 2. The van der Waals surface area contributed by atoms with Gasteiger partial charge in [-0.05, 0) is 18.9 Å². The first-order valence-electron chi connectivity index (χ1n) is 6.55. The third kappa shape index (κ3) is 4.14. The van der Waals surface area contributed by atoms with E-state index in [0.717, 1.165) is 25.9 Å². The molecule has 2 heterocycles. The van der Waals surface area contributed by atoms with Crippen LogP contribution < -0.4 is 16.6 Å². The summed E-state index contributed by atoms with van der Waals surface area (Å²) in [5.41, 5.74) is 5.63. The number of nitrogens with zero attached hydrogens (tertiary/aromatic N) is 1. The summed E-state index contributed by atoms with van der Waals surface area (Å²) in [6.45, 7) is 2.35. The maximum Gasteiger partial charge on any atom is 0.251 e. The van der Waals surface area contributed by atoms with Gasteiger partial charge in [0.05, 0.1) is 4.99 Å². The fraction of sp³-hybridized carbons (Fsp3) is 0.462. The fourth-order valence-electron chi connectivity index (χ4n) is 2.31. The molecule has 0 aliphatic carbocycles. The minimum atomic E-state index is -0.274. The molecule has 0 atom stereocenters. The Kier molecular flexibility index (Phi) is 4.86. The largest absolute Gasteiger partial charge is 0.392 e. The molecule has 0 saturated carbocycles. The number of likely N-dealkylation sites (tertiary alicyclic amines) is 1. The van der Waals surface area contributed by atoms with E-state index in [1.807, 2.05) is 0 Å². The Balaban J connectivity index is 1.85. The van der Waals surface area contributed by atoms with Crippen LogP contribution in [0.15, 0.2) is 23.1 Å². The average Bonchev–Trinajstić information content (AvgIpc) is 2.40. The topological polar surface area (TPSA) is 91.2 Å². The Morgan fingerprint density at radius 2 is 2.20 bits per heavy atom. The van der Waals surface area contributed by atoms with Gasteiger partial charge in [-0.3, -0.25) is 14.5 Å². The van der Waals surface area contributed by atoms with Gasteiger partial charge in [-0.25, -0.2) is 0 Å². The van der Waals surface area contributed by atoms with Crippen molar-refractivity contribution in [3.63, 3.8) is 0 Å². The van der Waals surface area contributed by atoms with Crippen molar-refractivity contribution in [3.8, 4) is 0 Å². The van der Waals surface area contributed by atoms with Crippen LogP contribution in [0.1, 0.15) is 23.2 Å².